The van der Waals surface area contributed by atoms with E-state index >= 15 is 0 Å². The topological polar surface area (TPSA) is 74.7 Å². The number of hydrogen-bond acceptors (Lipinski definition) is 5. The van der Waals surface area contributed by atoms with Crippen LogP contribution in [-0.2, 0) is 10.0 Å². The number of fused-ring (bicyclic) bond motifs is 1. The van der Waals surface area contributed by atoms with Crippen LogP contribution in [0.15, 0.2) is 58.9 Å². The van der Waals surface area contributed by atoms with Crippen LogP contribution in [0.3, 0.4) is 0 Å². The Morgan fingerprint density at radius 3 is 2.66 bits per heavy atom. The Labute approximate surface area is 209 Å². The minimum Gasteiger partial charge on any atom is -0.326 e. The van der Waals surface area contributed by atoms with Crippen molar-refractivity contribution in [3.63, 3.8) is 0 Å². The summed E-state index contributed by atoms with van der Waals surface area (Å²) in [6.45, 7) is 0.440. The fourth-order valence-electron chi connectivity index (χ4n) is 4.60. The van der Waals surface area contributed by atoms with Crippen molar-refractivity contribution < 1.29 is 12.8 Å². The van der Waals surface area contributed by atoms with Gasteiger partial charge in [0.05, 0.1) is 10.8 Å². The van der Waals surface area contributed by atoms with Crippen molar-refractivity contribution in [2.45, 2.75) is 49.4 Å². The highest BCUT2D eigenvalue weighted by atomic mass is 35.5. The second kappa shape index (κ2) is 8.74. The predicted octanol–water partition coefficient (Wildman–Crippen LogP) is 4.20. The van der Waals surface area contributed by atoms with Crippen LogP contribution in [0.1, 0.15) is 49.4 Å². The fourth-order valence-corrected chi connectivity index (χ4v) is 6.45. The molecule has 9 heteroatoms. The van der Waals surface area contributed by atoms with Crippen molar-refractivity contribution in [1.29, 1.82) is 0 Å². The Bertz CT molecular complexity index is 1410. The lowest BCUT2D eigenvalue weighted by Crippen LogP contribution is -2.40. The number of rotatable bonds is 5. The molecule has 0 bridgehead atoms. The number of halogens is 2. The highest BCUT2D eigenvalue weighted by molar-refractivity contribution is 7.90. The van der Waals surface area contributed by atoms with Crippen molar-refractivity contribution in [2.24, 2.45) is 10.9 Å². The number of aliphatic imine (C=N–C) groups is 1. The lowest BCUT2D eigenvalue weighted by atomic mass is 9.94. The number of nitrogens with one attached hydrogen (secondary N) is 1. The molecule has 1 aromatic heterocycles. The first kappa shape index (κ1) is 22.7. The van der Waals surface area contributed by atoms with E-state index in [4.69, 9.17) is 16.6 Å². The van der Waals surface area contributed by atoms with E-state index in [0.29, 0.717) is 48.8 Å². The van der Waals surface area contributed by atoms with Crippen LogP contribution >= 0.6 is 11.6 Å². The maximum atomic E-state index is 13.9. The van der Waals surface area contributed by atoms with Crippen molar-refractivity contribution in [1.82, 2.24) is 14.6 Å². The predicted molar refractivity (Wildman–Crippen MR) is 133 cm³/mol. The summed E-state index contributed by atoms with van der Waals surface area (Å²) in [6, 6.07) is 9.09. The molecule has 35 heavy (non-hydrogen) atoms. The molecule has 6 rings (SSSR count). The van der Waals surface area contributed by atoms with Gasteiger partial charge < -0.3 is 4.90 Å². The van der Waals surface area contributed by atoms with Crippen LogP contribution in [0.5, 0.6) is 0 Å². The first-order chi connectivity index (χ1) is 16.9. The van der Waals surface area contributed by atoms with E-state index in [2.05, 4.69) is 21.5 Å². The Morgan fingerprint density at radius 2 is 1.97 bits per heavy atom. The summed E-state index contributed by atoms with van der Waals surface area (Å²) < 4.78 is 42.2. The molecule has 1 unspecified atom stereocenters. The van der Waals surface area contributed by atoms with Gasteiger partial charge in [0.15, 0.2) is 5.84 Å². The van der Waals surface area contributed by atoms with Gasteiger partial charge in [-0.3, -0.25) is 9.98 Å². The molecule has 4 aliphatic rings. The molecule has 2 saturated carbocycles. The van der Waals surface area contributed by atoms with Crippen LogP contribution in [0.25, 0.3) is 0 Å². The first-order valence-corrected chi connectivity index (χ1v) is 13.8. The van der Waals surface area contributed by atoms with Gasteiger partial charge in [0, 0.05) is 47.4 Å². The monoisotopic (exact) mass is 510 g/mol. The van der Waals surface area contributed by atoms with Crippen LogP contribution < -0.4 is 4.72 Å². The normalized spacial score (nSPS) is 24.1. The summed E-state index contributed by atoms with van der Waals surface area (Å²) in [6.07, 6.45) is 5.76. The molecule has 2 aliphatic carbocycles. The number of nitrogens with zero attached hydrogens (tertiary/aromatic N) is 3. The Balaban J connectivity index is 1.47. The van der Waals surface area contributed by atoms with Gasteiger partial charge in [0.2, 0.25) is 10.0 Å². The number of benzene rings is 1. The molecule has 2 aromatic rings. The maximum absolute atomic E-state index is 13.9. The van der Waals surface area contributed by atoms with Gasteiger partial charge in [-0.05, 0) is 49.9 Å². The molecule has 0 spiro atoms. The molecule has 6 nitrogen and oxygen atoms in total. The number of amidine groups is 1. The molecule has 3 fully saturated rings. The highest BCUT2D eigenvalue weighted by Crippen LogP contribution is 2.42. The average Bonchev–Trinajstić information content (AvgIpc) is 3.75. The van der Waals surface area contributed by atoms with Crippen LogP contribution in [-0.4, -0.2) is 42.0 Å². The number of aromatic nitrogens is 1. The molecule has 180 valence electrons. The summed E-state index contributed by atoms with van der Waals surface area (Å²) in [4.78, 5) is 11.6. The molecule has 2 atom stereocenters. The molecule has 0 amide bonds. The van der Waals surface area contributed by atoms with Gasteiger partial charge in [-0.25, -0.2) is 17.5 Å². The van der Waals surface area contributed by atoms with Crippen molar-refractivity contribution in [3.8, 4) is 11.8 Å². The largest absolute Gasteiger partial charge is 0.326 e. The van der Waals surface area contributed by atoms with E-state index in [0.717, 1.165) is 24.1 Å². The number of sulfonamides is 1. The molecule has 2 aliphatic heterocycles. The van der Waals surface area contributed by atoms with E-state index in [-0.39, 0.29) is 16.3 Å². The minimum absolute atomic E-state index is 0.280. The van der Waals surface area contributed by atoms with E-state index in [1.165, 1.54) is 12.1 Å². The molecule has 1 saturated heterocycles. The SMILES string of the molecule is O=S(=O)(NC1CC2=C(C#CC3CC3)[C@@H](c3ccc(F)cc3Cl)N=C(c3ccccn3)N2C1)C1CC1. The fraction of sp³-hybridized carbons (Fsp3) is 0.385. The molecular formula is C26H24ClFN4O2S. The van der Waals surface area contributed by atoms with Gasteiger partial charge in [0.1, 0.15) is 17.6 Å². The summed E-state index contributed by atoms with van der Waals surface area (Å²) >= 11 is 6.50. The van der Waals surface area contributed by atoms with Gasteiger partial charge in [0.25, 0.3) is 0 Å². The third-order valence-electron chi connectivity index (χ3n) is 6.69. The van der Waals surface area contributed by atoms with Crippen LogP contribution in [0.4, 0.5) is 4.39 Å². The lowest BCUT2D eigenvalue weighted by Gasteiger charge is -2.31. The second-order valence-corrected chi connectivity index (χ2v) is 11.9. The maximum Gasteiger partial charge on any atom is 0.214 e. The number of pyridine rings is 1. The Hall–Kier alpha value is -2.73. The van der Waals surface area contributed by atoms with Crippen molar-refractivity contribution in [3.05, 3.63) is 76.0 Å². The van der Waals surface area contributed by atoms with Crippen molar-refractivity contribution in [2.75, 3.05) is 6.54 Å². The minimum atomic E-state index is -3.36. The molecule has 0 radical (unpaired) electrons. The summed E-state index contributed by atoms with van der Waals surface area (Å²) in [5.74, 6) is 7.29. The van der Waals surface area contributed by atoms with E-state index in [1.54, 1.807) is 12.3 Å². The quantitative estimate of drug-likeness (QED) is 0.612. The highest BCUT2D eigenvalue weighted by Gasteiger charge is 2.43. The van der Waals surface area contributed by atoms with E-state index < -0.39 is 21.9 Å². The van der Waals surface area contributed by atoms with Crippen LogP contribution in [0.2, 0.25) is 5.02 Å². The second-order valence-electron chi connectivity index (χ2n) is 9.51. The average molecular weight is 511 g/mol. The third kappa shape index (κ3) is 4.61. The first-order valence-electron chi connectivity index (χ1n) is 11.9. The van der Waals surface area contributed by atoms with Gasteiger partial charge >= 0.3 is 0 Å². The van der Waals surface area contributed by atoms with E-state index in [1.807, 2.05) is 23.1 Å². The smallest absolute Gasteiger partial charge is 0.214 e. The van der Waals surface area contributed by atoms with E-state index in [9.17, 15) is 12.8 Å². The lowest BCUT2D eigenvalue weighted by molar-refractivity contribution is 0.512. The van der Waals surface area contributed by atoms with Crippen LogP contribution in [0, 0.1) is 23.6 Å². The molecule has 1 N–H and O–H groups in total. The summed E-state index contributed by atoms with van der Waals surface area (Å²) in [5, 5.41) is -0.0131. The summed E-state index contributed by atoms with van der Waals surface area (Å²) in [7, 11) is -3.36. The standard InChI is InChI=1S/C26H24ClFN4O2S/c27-22-13-17(28)7-11-20(22)25-21(10-6-16-4-5-16)24-14-18(31-35(33,34)19-8-9-19)15-32(24)26(30-25)23-3-1-2-12-29-23/h1-3,7,11-13,16,18-19,25,31H,4-5,8-9,14-15H2/t18?,25-/m1/s1. The molecular weight excluding hydrogens is 487 g/mol. The Morgan fingerprint density at radius 1 is 1.14 bits per heavy atom. The van der Waals surface area contributed by atoms with Gasteiger partial charge in [-0.2, -0.15) is 0 Å². The summed E-state index contributed by atoms with van der Waals surface area (Å²) in [5.41, 5.74) is 3.05. The molecule has 3 heterocycles. The third-order valence-corrected chi connectivity index (χ3v) is 9.03. The van der Waals surface area contributed by atoms with Gasteiger partial charge in [-0.1, -0.05) is 35.6 Å². The van der Waals surface area contributed by atoms with Crippen molar-refractivity contribution >= 4 is 27.5 Å². The zero-order valence-electron chi connectivity index (χ0n) is 18.9. The molecule has 1 aromatic carbocycles. The van der Waals surface area contributed by atoms with Gasteiger partial charge in [-0.15, -0.1) is 0 Å². The number of hydrogen-bond donors (Lipinski definition) is 1. The Kier molecular flexibility index (Phi) is 5.67. The zero-order chi connectivity index (χ0) is 24.2. The zero-order valence-corrected chi connectivity index (χ0v) is 20.5.